The van der Waals surface area contributed by atoms with Crippen LogP contribution >= 0.6 is 0 Å². The lowest BCUT2D eigenvalue weighted by Crippen LogP contribution is -2.62. The third kappa shape index (κ3) is 3.38. The van der Waals surface area contributed by atoms with E-state index in [1.807, 2.05) is 25.1 Å². The number of aromatic nitrogens is 1. The van der Waals surface area contributed by atoms with Crippen molar-refractivity contribution in [1.82, 2.24) is 14.8 Å². The summed E-state index contributed by atoms with van der Waals surface area (Å²) in [6.45, 7) is 1.86. The molecule has 7 heteroatoms. The van der Waals surface area contributed by atoms with Gasteiger partial charge in [0.2, 0.25) is 5.91 Å². The zero-order chi connectivity index (χ0) is 22.2. The maximum Gasteiger partial charge on any atom is 0.255 e. The predicted octanol–water partition coefficient (Wildman–Crippen LogP) is 2.70. The zero-order valence-corrected chi connectivity index (χ0v) is 17.2. The molecule has 31 heavy (non-hydrogen) atoms. The summed E-state index contributed by atoms with van der Waals surface area (Å²) in [4.78, 5) is 26.7. The van der Waals surface area contributed by atoms with Crippen LogP contribution in [0.4, 0.5) is 0 Å². The molecule has 1 saturated heterocycles. The Hall–Kier alpha value is -4.18. The van der Waals surface area contributed by atoms with Crippen molar-refractivity contribution in [3.8, 4) is 11.8 Å². The number of carbonyl (C=O) groups excluding carboxylic acids is 1. The number of benzene rings is 2. The van der Waals surface area contributed by atoms with Gasteiger partial charge in [-0.1, -0.05) is 30.3 Å². The van der Waals surface area contributed by atoms with Crippen LogP contribution in [0.1, 0.15) is 29.5 Å². The number of nitriles is 1. The van der Waals surface area contributed by atoms with E-state index in [1.165, 1.54) is 15.5 Å². The SMILES string of the molecule is CN1C(=N)N[C@](C)(c2cccc(C#N)c2)[C@H](c2ccc(-n3ccccc3=O)cc2)C1=O. The lowest BCUT2D eigenvalue weighted by atomic mass is 9.73. The molecule has 2 heterocycles. The summed E-state index contributed by atoms with van der Waals surface area (Å²) < 4.78 is 1.53. The van der Waals surface area contributed by atoms with Gasteiger partial charge in [-0.3, -0.25) is 24.5 Å². The molecule has 1 amide bonds. The summed E-state index contributed by atoms with van der Waals surface area (Å²) >= 11 is 0. The molecule has 4 rings (SSSR count). The minimum absolute atomic E-state index is 0.00133. The smallest absolute Gasteiger partial charge is 0.255 e. The molecule has 2 atom stereocenters. The Morgan fingerprint density at radius 2 is 1.81 bits per heavy atom. The Kier molecular flexibility index (Phi) is 4.91. The molecule has 2 aromatic carbocycles. The van der Waals surface area contributed by atoms with Crippen molar-refractivity contribution in [2.45, 2.75) is 18.4 Å². The predicted molar refractivity (Wildman–Crippen MR) is 117 cm³/mol. The third-order valence-electron chi connectivity index (χ3n) is 5.79. The molecule has 0 spiro atoms. The van der Waals surface area contributed by atoms with Crippen molar-refractivity contribution in [2.75, 3.05) is 7.05 Å². The number of hydrogen-bond acceptors (Lipinski definition) is 4. The Morgan fingerprint density at radius 3 is 2.48 bits per heavy atom. The highest BCUT2D eigenvalue weighted by Crippen LogP contribution is 2.41. The van der Waals surface area contributed by atoms with Crippen LogP contribution in [0, 0.1) is 16.7 Å². The highest BCUT2D eigenvalue weighted by molar-refractivity contribution is 6.02. The molecule has 0 unspecified atom stereocenters. The van der Waals surface area contributed by atoms with Crippen molar-refractivity contribution in [3.05, 3.63) is 100.0 Å². The average Bonchev–Trinajstić information content (AvgIpc) is 2.78. The molecule has 1 aliphatic heterocycles. The van der Waals surface area contributed by atoms with E-state index in [9.17, 15) is 14.9 Å². The van der Waals surface area contributed by atoms with Gasteiger partial charge in [0.15, 0.2) is 5.96 Å². The highest BCUT2D eigenvalue weighted by Gasteiger charge is 2.48. The number of likely N-dealkylation sites (N-methyl/N-ethyl adjacent to an activating group) is 1. The monoisotopic (exact) mass is 411 g/mol. The van der Waals surface area contributed by atoms with Gasteiger partial charge in [-0.25, -0.2) is 0 Å². The molecule has 1 aliphatic rings. The van der Waals surface area contributed by atoms with Crippen molar-refractivity contribution in [1.29, 1.82) is 10.7 Å². The zero-order valence-electron chi connectivity index (χ0n) is 17.2. The van der Waals surface area contributed by atoms with Crippen LogP contribution in [0.5, 0.6) is 0 Å². The van der Waals surface area contributed by atoms with E-state index in [-0.39, 0.29) is 17.4 Å². The number of amides is 1. The molecule has 1 aromatic heterocycles. The molecule has 3 aromatic rings. The van der Waals surface area contributed by atoms with Crippen molar-refractivity contribution >= 4 is 11.9 Å². The molecule has 7 nitrogen and oxygen atoms in total. The molecule has 2 N–H and O–H groups in total. The number of carbonyl (C=O) groups is 1. The van der Waals surface area contributed by atoms with Crippen LogP contribution in [0.15, 0.2) is 77.7 Å². The highest BCUT2D eigenvalue weighted by atomic mass is 16.2. The Balaban J connectivity index is 1.82. The summed E-state index contributed by atoms with van der Waals surface area (Å²) in [5.41, 5.74) is 1.59. The first-order chi connectivity index (χ1) is 14.8. The van der Waals surface area contributed by atoms with Gasteiger partial charge in [0.1, 0.15) is 0 Å². The molecular formula is C24H21N5O2. The fraction of sp³-hybridized carbons (Fsp3) is 0.167. The number of nitrogens with one attached hydrogen (secondary N) is 2. The maximum absolute atomic E-state index is 13.3. The summed E-state index contributed by atoms with van der Waals surface area (Å²) in [6, 6.07) is 21.4. The lowest BCUT2D eigenvalue weighted by Gasteiger charge is -2.46. The summed E-state index contributed by atoms with van der Waals surface area (Å²) in [7, 11) is 1.56. The van der Waals surface area contributed by atoms with E-state index in [0.29, 0.717) is 11.3 Å². The largest absolute Gasteiger partial charge is 0.346 e. The van der Waals surface area contributed by atoms with E-state index < -0.39 is 11.5 Å². The standard InChI is InChI=1S/C24H21N5O2/c1-24(18-7-5-6-16(14-18)15-25)21(22(31)28(2)23(26)27-24)17-9-11-19(12-10-17)29-13-4-3-8-20(29)30/h3-14,21H,1-2H3,(H2,26,27)/t21-,24-/m1/s1. The number of hydrogen-bond donors (Lipinski definition) is 2. The van der Waals surface area contributed by atoms with Gasteiger partial charge in [0.05, 0.1) is 23.1 Å². The second-order valence-electron chi connectivity index (χ2n) is 7.70. The molecule has 0 aliphatic carbocycles. The molecule has 1 fully saturated rings. The first kappa shape index (κ1) is 20.1. The summed E-state index contributed by atoms with van der Waals surface area (Å²) in [6.07, 6.45) is 1.69. The van der Waals surface area contributed by atoms with Crippen LogP contribution < -0.4 is 10.9 Å². The normalized spacial score (nSPS) is 20.8. The average molecular weight is 411 g/mol. The number of pyridine rings is 1. The van der Waals surface area contributed by atoms with Gasteiger partial charge in [-0.15, -0.1) is 0 Å². The lowest BCUT2D eigenvalue weighted by molar-refractivity contribution is -0.131. The van der Waals surface area contributed by atoms with Crippen LogP contribution in [-0.4, -0.2) is 28.4 Å². The Bertz CT molecular complexity index is 1270. The fourth-order valence-electron chi connectivity index (χ4n) is 4.05. The second-order valence-corrected chi connectivity index (χ2v) is 7.70. The summed E-state index contributed by atoms with van der Waals surface area (Å²) in [5.74, 6) is -0.862. The van der Waals surface area contributed by atoms with Crippen molar-refractivity contribution < 1.29 is 4.79 Å². The molecular weight excluding hydrogens is 390 g/mol. The van der Waals surface area contributed by atoms with Crippen LogP contribution in [0.3, 0.4) is 0 Å². The van der Waals surface area contributed by atoms with Gasteiger partial charge < -0.3 is 5.32 Å². The Labute approximate surface area is 179 Å². The number of guanidine groups is 1. The minimum atomic E-state index is -0.932. The van der Waals surface area contributed by atoms with E-state index in [1.54, 1.807) is 55.7 Å². The van der Waals surface area contributed by atoms with Crippen LogP contribution in [0.25, 0.3) is 5.69 Å². The van der Waals surface area contributed by atoms with Crippen molar-refractivity contribution in [2.24, 2.45) is 0 Å². The Morgan fingerprint density at radius 1 is 1.06 bits per heavy atom. The number of nitrogens with zero attached hydrogens (tertiary/aromatic N) is 3. The van der Waals surface area contributed by atoms with Gasteiger partial charge >= 0.3 is 0 Å². The second kappa shape index (κ2) is 7.58. The molecule has 0 saturated carbocycles. The molecule has 154 valence electrons. The number of rotatable bonds is 3. The van der Waals surface area contributed by atoms with E-state index in [0.717, 1.165) is 11.1 Å². The molecule has 0 bridgehead atoms. The van der Waals surface area contributed by atoms with Crippen LogP contribution in [0.2, 0.25) is 0 Å². The van der Waals surface area contributed by atoms with E-state index in [4.69, 9.17) is 5.41 Å². The van der Waals surface area contributed by atoms with Gasteiger partial charge in [-0.2, -0.15) is 5.26 Å². The molecule has 0 radical (unpaired) electrons. The van der Waals surface area contributed by atoms with Gasteiger partial charge in [0.25, 0.3) is 5.56 Å². The summed E-state index contributed by atoms with van der Waals surface area (Å²) in [5, 5.41) is 20.7. The first-order valence-electron chi connectivity index (χ1n) is 9.78. The van der Waals surface area contributed by atoms with Gasteiger partial charge in [-0.05, 0) is 48.4 Å². The van der Waals surface area contributed by atoms with Crippen LogP contribution in [-0.2, 0) is 10.3 Å². The minimum Gasteiger partial charge on any atom is -0.346 e. The van der Waals surface area contributed by atoms with E-state index >= 15 is 0 Å². The quantitative estimate of drug-likeness (QED) is 0.692. The topological polar surface area (TPSA) is 102 Å². The van der Waals surface area contributed by atoms with Crippen molar-refractivity contribution in [3.63, 3.8) is 0 Å². The third-order valence-corrected chi connectivity index (χ3v) is 5.79. The van der Waals surface area contributed by atoms with E-state index in [2.05, 4.69) is 11.4 Å². The first-order valence-corrected chi connectivity index (χ1v) is 9.78. The van der Waals surface area contributed by atoms with Gasteiger partial charge in [0, 0.05) is 25.0 Å². The fourth-order valence-corrected chi connectivity index (χ4v) is 4.05. The maximum atomic E-state index is 13.3.